The molecule has 2 N–H and O–H groups in total. The highest BCUT2D eigenvalue weighted by atomic mass is 32.2. The number of anilines is 3. The number of carbonyl (C=O) groups is 1. The number of ether oxygens (including phenoxy) is 1. The second-order valence-corrected chi connectivity index (χ2v) is 9.25. The van der Waals surface area contributed by atoms with Crippen LogP contribution in [0.5, 0.6) is 0 Å². The van der Waals surface area contributed by atoms with Gasteiger partial charge in [0.1, 0.15) is 0 Å². The van der Waals surface area contributed by atoms with Crippen molar-refractivity contribution >= 4 is 45.5 Å². The minimum Gasteiger partial charge on any atom is -0.378 e. The molecule has 2 heterocycles. The molecule has 1 aliphatic carbocycles. The smallest absolute Gasteiger partial charge is 0.237 e. The fourth-order valence-corrected chi connectivity index (χ4v) is 4.72. The van der Waals surface area contributed by atoms with Crippen molar-refractivity contribution in [2.45, 2.75) is 35.4 Å². The first-order valence-electron chi connectivity index (χ1n) is 9.18. The van der Waals surface area contributed by atoms with Crippen molar-refractivity contribution in [1.82, 2.24) is 10.2 Å². The number of aromatic nitrogens is 2. The van der Waals surface area contributed by atoms with E-state index in [-0.39, 0.29) is 11.2 Å². The summed E-state index contributed by atoms with van der Waals surface area (Å²) in [6, 6.07) is 8.53. The van der Waals surface area contributed by atoms with E-state index in [1.54, 1.807) is 0 Å². The second kappa shape index (κ2) is 8.45. The maximum absolute atomic E-state index is 12.5. The van der Waals surface area contributed by atoms with Gasteiger partial charge in [0, 0.05) is 30.5 Å². The number of hydrogen-bond acceptors (Lipinski definition) is 8. The quantitative estimate of drug-likeness (QED) is 0.685. The second-order valence-electron chi connectivity index (χ2n) is 6.69. The zero-order valence-electron chi connectivity index (χ0n) is 15.2. The SMILES string of the molecule is C[C@H](Sc1nnc(NC2CC2)s1)C(=O)Nc1ccc(N2CCOCC2)cc1. The maximum Gasteiger partial charge on any atom is 0.237 e. The highest BCUT2D eigenvalue weighted by molar-refractivity contribution is 8.02. The first kappa shape index (κ1) is 18.5. The van der Waals surface area contributed by atoms with Crippen LogP contribution in [-0.4, -0.2) is 53.7 Å². The molecule has 1 saturated carbocycles. The Kier molecular flexibility index (Phi) is 5.80. The fourth-order valence-electron chi connectivity index (χ4n) is 2.74. The van der Waals surface area contributed by atoms with E-state index in [2.05, 4.69) is 25.7 Å². The van der Waals surface area contributed by atoms with Gasteiger partial charge in [0.15, 0.2) is 4.34 Å². The number of hydrogen-bond donors (Lipinski definition) is 2. The summed E-state index contributed by atoms with van der Waals surface area (Å²) in [5.74, 6) is -0.0361. The Morgan fingerprint density at radius 3 is 2.70 bits per heavy atom. The molecule has 0 bridgehead atoms. The number of thioether (sulfide) groups is 1. The Bertz CT molecular complexity index is 772. The summed E-state index contributed by atoms with van der Waals surface area (Å²) in [4.78, 5) is 14.8. The van der Waals surface area contributed by atoms with Gasteiger partial charge < -0.3 is 20.3 Å². The summed E-state index contributed by atoms with van der Waals surface area (Å²) in [7, 11) is 0. The molecule has 1 aromatic carbocycles. The first-order valence-corrected chi connectivity index (χ1v) is 10.9. The first-order chi connectivity index (χ1) is 13.2. The van der Waals surface area contributed by atoms with Gasteiger partial charge in [0.05, 0.1) is 18.5 Å². The van der Waals surface area contributed by atoms with Gasteiger partial charge in [-0.2, -0.15) is 0 Å². The molecule has 1 amide bonds. The number of nitrogens with one attached hydrogen (secondary N) is 2. The van der Waals surface area contributed by atoms with E-state index in [1.807, 2.05) is 31.2 Å². The van der Waals surface area contributed by atoms with Crippen LogP contribution in [0.3, 0.4) is 0 Å². The molecular weight excluding hydrogens is 382 g/mol. The zero-order chi connectivity index (χ0) is 18.6. The van der Waals surface area contributed by atoms with Gasteiger partial charge >= 0.3 is 0 Å². The molecule has 27 heavy (non-hydrogen) atoms. The molecular formula is C18H23N5O2S2. The Labute approximate surface area is 166 Å². The lowest BCUT2D eigenvalue weighted by Gasteiger charge is -2.28. The predicted octanol–water partition coefficient (Wildman–Crippen LogP) is 3.07. The van der Waals surface area contributed by atoms with Crippen LogP contribution in [-0.2, 0) is 9.53 Å². The van der Waals surface area contributed by atoms with Gasteiger partial charge in [-0.15, -0.1) is 10.2 Å². The molecule has 9 heteroatoms. The number of morpholine rings is 1. The molecule has 2 fully saturated rings. The van der Waals surface area contributed by atoms with E-state index < -0.39 is 0 Å². The van der Waals surface area contributed by atoms with Crippen LogP contribution in [0.25, 0.3) is 0 Å². The van der Waals surface area contributed by atoms with E-state index in [0.29, 0.717) is 6.04 Å². The zero-order valence-corrected chi connectivity index (χ0v) is 16.8. The van der Waals surface area contributed by atoms with E-state index in [1.165, 1.54) is 35.9 Å². The number of nitrogens with zero attached hydrogens (tertiary/aromatic N) is 3. The molecule has 2 aliphatic rings. The molecule has 1 aromatic heterocycles. The third kappa shape index (κ3) is 5.12. The van der Waals surface area contributed by atoms with Crippen molar-refractivity contribution in [3.63, 3.8) is 0 Å². The van der Waals surface area contributed by atoms with Crippen LogP contribution >= 0.6 is 23.1 Å². The summed E-state index contributed by atoms with van der Waals surface area (Å²) in [5.41, 5.74) is 1.96. The van der Waals surface area contributed by atoms with Crippen LogP contribution in [0.15, 0.2) is 28.6 Å². The lowest BCUT2D eigenvalue weighted by atomic mass is 10.2. The normalized spacial score (nSPS) is 18.2. The number of benzene rings is 1. The summed E-state index contributed by atoms with van der Waals surface area (Å²) in [5, 5.41) is 15.2. The highest BCUT2D eigenvalue weighted by Crippen LogP contribution is 2.32. The molecule has 4 rings (SSSR count). The molecule has 7 nitrogen and oxygen atoms in total. The van der Waals surface area contributed by atoms with Crippen molar-refractivity contribution in [1.29, 1.82) is 0 Å². The molecule has 1 aliphatic heterocycles. The minimum absolute atomic E-state index is 0.0361. The van der Waals surface area contributed by atoms with Crippen LogP contribution in [0.4, 0.5) is 16.5 Å². The fraction of sp³-hybridized carbons (Fsp3) is 0.500. The predicted molar refractivity (Wildman–Crippen MR) is 110 cm³/mol. The number of amides is 1. The Morgan fingerprint density at radius 1 is 1.26 bits per heavy atom. The molecule has 0 spiro atoms. The van der Waals surface area contributed by atoms with Gasteiger partial charge in [0.25, 0.3) is 0 Å². The monoisotopic (exact) mass is 405 g/mol. The average Bonchev–Trinajstić information content (AvgIpc) is 3.40. The van der Waals surface area contributed by atoms with Gasteiger partial charge in [-0.05, 0) is 44.0 Å². The van der Waals surface area contributed by atoms with Crippen LogP contribution in [0.2, 0.25) is 0 Å². The molecule has 0 unspecified atom stereocenters. The maximum atomic E-state index is 12.5. The third-order valence-corrected chi connectivity index (χ3v) is 6.51. The van der Waals surface area contributed by atoms with Crippen molar-refractivity contribution < 1.29 is 9.53 Å². The lowest BCUT2D eigenvalue weighted by molar-refractivity contribution is -0.115. The van der Waals surface area contributed by atoms with E-state index >= 15 is 0 Å². The van der Waals surface area contributed by atoms with Gasteiger partial charge in [-0.1, -0.05) is 23.1 Å². The topological polar surface area (TPSA) is 79.4 Å². The van der Waals surface area contributed by atoms with Crippen molar-refractivity contribution in [2.75, 3.05) is 41.8 Å². The number of carbonyl (C=O) groups excluding carboxylic acids is 1. The summed E-state index contributed by atoms with van der Waals surface area (Å²) >= 11 is 2.94. The van der Waals surface area contributed by atoms with Gasteiger partial charge in [-0.3, -0.25) is 4.79 Å². The highest BCUT2D eigenvalue weighted by Gasteiger charge is 2.23. The van der Waals surface area contributed by atoms with Crippen molar-refractivity contribution in [3.8, 4) is 0 Å². The van der Waals surface area contributed by atoms with Crippen molar-refractivity contribution in [3.05, 3.63) is 24.3 Å². The molecule has 1 saturated heterocycles. The van der Waals surface area contributed by atoms with Gasteiger partial charge in [0.2, 0.25) is 11.0 Å². The standard InChI is InChI=1S/C18H23N5O2S2/c1-12(26-18-22-21-17(27-18)20-14-2-3-14)16(24)19-13-4-6-15(7-5-13)23-8-10-25-11-9-23/h4-7,12,14H,2-3,8-11H2,1H3,(H,19,24)(H,20,21)/t12-/m0/s1. The Hall–Kier alpha value is -1.84. The molecule has 2 aromatic rings. The summed E-state index contributed by atoms with van der Waals surface area (Å²) in [6.07, 6.45) is 2.40. The largest absolute Gasteiger partial charge is 0.378 e. The van der Waals surface area contributed by atoms with Crippen LogP contribution < -0.4 is 15.5 Å². The molecule has 0 radical (unpaired) electrons. The summed E-state index contributed by atoms with van der Waals surface area (Å²) < 4.78 is 6.19. The van der Waals surface area contributed by atoms with Crippen molar-refractivity contribution in [2.24, 2.45) is 0 Å². The van der Waals surface area contributed by atoms with E-state index in [4.69, 9.17) is 4.74 Å². The lowest BCUT2D eigenvalue weighted by Crippen LogP contribution is -2.36. The minimum atomic E-state index is -0.245. The van der Waals surface area contributed by atoms with E-state index in [9.17, 15) is 4.79 Å². The Balaban J connectivity index is 1.29. The third-order valence-electron chi connectivity index (χ3n) is 4.47. The molecule has 144 valence electrons. The molecule has 1 atom stereocenters. The van der Waals surface area contributed by atoms with Crippen LogP contribution in [0, 0.1) is 0 Å². The Morgan fingerprint density at radius 2 is 2.00 bits per heavy atom. The van der Waals surface area contributed by atoms with E-state index in [0.717, 1.165) is 47.1 Å². The summed E-state index contributed by atoms with van der Waals surface area (Å²) in [6.45, 7) is 5.21. The van der Waals surface area contributed by atoms with Crippen LogP contribution in [0.1, 0.15) is 19.8 Å². The van der Waals surface area contributed by atoms with Gasteiger partial charge in [-0.25, -0.2) is 0 Å². The average molecular weight is 406 g/mol. The number of rotatable bonds is 7.